The number of halogens is 1. The molecule has 2 N–H and O–H groups in total. The molecule has 2 heterocycles. The second kappa shape index (κ2) is 7.05. The number of amides is 3. The fraction of sp³-hybridized carbons (Fsp3) is 0.500. The third-order valence-corrected chi connectivity index (χ3v) is 6.85. The van der Waals surface area contributed by atoms with Gasteiger partial charge in [-0.05, 0) is 44.0 Å². The third-order valence-electron chi connectivity index (χ3n) is 4.50. The number of nitrogens with zero attached hydrogens (tertiary/aromatic N) is 1. The Labute approximate surface area is 156 Å². The Morgan fingerprint density at radius 1 is 1.23 bits per heavy atom. The molecule has 0 aromatic heterocycles. The minimum Gasteiger partial charge on any atom is -0.490 e. The number of sulfonamides is 1. The topological polar surface area (TPSA) is 105 Å². The number of rotatable bonds is 5. The molecule has 0 spiro atoms. The molecule has 0 saturated carbocycles. The first-order chi connectivity index (χ1) is 12.2. The van der Waals surface area contributed by atoms with Gasteiger partial charge in [-0.25, -0.2) is 17.5 Å². The van der Waals surface area contributed by atoms with E-state index < -0.39 is 33.3 Å². The monoisotopic (exact) mass is 401 g/mol. The fourth-order valence-electron chi connectivity index (χ4n) is 3.07. The molecule has 26 heavy (non-hydrogen) atoms. The van der Waals surface area contributed by atoms with Gasteiger partial charge in [0.05, 0.1) is 5.75 Å². The van der Waals surface area contributed by atoms with E-state index in [-0.39, 0.29) is 6.10 Å². The number of benzene rings is 1. The van der Waals surface area contributed by atoms with E-state index in [9.17, 15) is 18.0 Å². The summed E-state index contributed by atoms with van der Waals surface area (Å²) in [5.74, 6) is -0.416. The second-order valence-corrected chi connectivity index (χ2v) is 9.07. The van der Waals surface area contributed by atoms with Crippen LogP contribution in [0.1, 0.15) is 19.8 Å². The van der Waals surface area contributed by atoms with Crippen molar-refractivity contribution in [2.45, 2.75) is 31.4 Å². The Balaban J connectivity index is 1.57. The number of imide groups is 1. The fourth-order valence-corrected chi connectivity index (χ4v) is 5.08. The molecule has 2 aliphatic heterocycles. The largest absolute Gasteiger partial charge is 0.490 e. The lowest BCUT2D eigenvalue weighted by Crippen LogP contribution is -2.53. The lowest BCUT2D eigenvalue weighted by molar-refractivity contribution is -0.122. The Morgan fingerprint density at radius 3 is 2.38 bits per heavy atom. The summed E-state index contributed by atoms with van der Waals surface area (Å²) in [5, 5.41) is 5.07. The van der Waals surface area contributed by atoms with E-state index in [0.29, 0.717) is 36.7 Å². The lowest BCUT2D eigenvalue weighted by Gasteiger charge is -2.33. The van der Waals surface area contributed by atoms with Crippen molar-refractivity contribution in [1.29, 1.82) is 0 Å². The first-order valence-corrected chi connectivity index (χ1v) is 10.2. The standard InChI is InChI=1S/C16H20ClN3O5S/c1-16(14(21)18-15(22)19-16)10-26(23,24)20-8-6-13(7-9-20)25-12-4-2-11(17)3-5-12/h2-5,13H,6-10H2,1H3,(H2,18,19,21,22)/t16-/m1/s1. The van der Waals surface area contributed by atoms with Crippen molar-refractivity contribution in [3.05, 3.63) is 29.3 Å². The molecule has 0 unspecified atom stereocenters. The highest BCUT2D eigenvalue weighted by Gasteiger charge is 2.46. The van der Waals surface area contributed by atoms with Crippen molar-refractivity contribution in [3.8, 4) is 5.75 Å². The Kier molecular flexibility index (Phi) is 5.14. The van der Waals surface area contributed by atoms with E-state index in [0.717, 1.165) is 0 Å². The molecule has 0 bridgehead atoms. The predicted octanol–water partition coefficient (Wildman–Crippen LogP) is 1.11. The second-order valence-electron chi connectivity index (χ2n) is 6.67. The number of hydrogen-bond acceptors (Lipinski definition) is 5. The number of piperidine rings is 1. The zero-order valence-corrected chi connectivity index (χ0v) is 15.8. The lowest BCUT2D eigenvalue weighted by atomic mass is 10.1. The summed E-state index contributed by atoms with van der Waals surface area (Å²) < 4.78 is 32.5. The number of ether oxygens (including phenoxy) is 1. The maximum atomic E-state index is 12.6. The van der Waals surface area contributed by atoms with Gasteiger partial charge in [0.25, 0.3) is 5.91 Å². The minimum absolute atomic E-state index is 0.0901. The molecule has 0 aliphatic carbocycles. The first-order valence-electron chi connectivity index (χ1n) is 8.22. The Bertz CT molecular complexity index is 806. The summed E-state index contributed by atoms with van der Waals surface area (Å²) in [6, 6.07) is 6.33. The van der Waals surface area contributed by atoms with Crippen molar-refractivity contribution in [2.24, 2.45) is 0 Å². The summed E-state index contributed by atoms with van der Waals surface area (Å²) >= 11 is 5.84. The Hall–Kier alpha value is -1.84. The van der Waals surface area contributed by atoms with Crippen molar-refractivity contribution in [1.82, 2.24) is 14.9 Å². The normalized spacial score (nSPS) is 25.0. The number of hydrogen-bond donors (Lipinski definition) is 2. The van der Waals surface area contributed by atoms with Crippen molar-refractivity contribution in [2.75, 3.05) is 18.8 Å². The van der Waals surface area contributed by atoms with Crippen LogP contribution in [-0.4, -0.2) is 55.1 Å². The molecule has 1 atom stereocenters. The zero-order chi connectivity index (χ0) is 18.9. The molecule has 2 saturated heterocycles. The number of carbonyl (C=O) groups is 2. The van der Waals surface area contributed by atoms with Crippen LogP contribution in [0.15, 0.2) is 24.3 Å². The average Bonchev–Trinajstić information content (AvgIpc) is 2.81. The molecule has 2 aliphatic rings. The van der Waals surface area contributed by atoms with Gasteiger partial charge < -0.3 is 10.1 Å². The van der Waals surface area contributed by atoms with Gasteiger partial charge in [0, 0.05) is 18.1 Å². The maximum Gasteiger partial charge on any atom is 0.322 e. The van der Waals surface area contributed by atoms with Crippen LogP contribution in [0.2, 0.25) is 5.02 Å². The smallest absolute Gasteiger partial charge is 0.322 e. The molecule has 8 nitrogen and oxygen atoms in total. The number of carbonyl (C=O) groups excluding carboxylic acids is 2. The van der Waals surface area contributed by atoms with Crippen LogP contribution in [-0.2, 0) is 14.8 Å². The summed E-state index contributed by atoms with van der Waals surface area (Å²) in [4.78, 5) is 23.1. The van der Waals surface area contributed by atoms with Gasteiger partial charge in [-0.3, -0.25) is 10.1 Å². The van der Waals surface area contributed by atoms with Gasteiger partial charge in [0.1, 0.15) is 17.4 Å². The summed E-state index contributed by atoms with van der Waals surface area (Å²) in [6.07, 6.45) is 0.988. The van der Waals surface area contributed by atoms with E-state index in [1.807, 2.05) is 0 Å². The van der Waals surface area contributed by atoms with Gasteiger partial charge in [0.15, 0.2) is 0 Å². The Morgan fingerprint density at radius 2 is 1.85 bits per heavy atom. The molecular weight excluding hydrogens is 382 g/mol. The molecule has 0 radical (unpaired) electrons. The molecule has 142 valence electrons. The van der Waals surface area contributed by atoms with Crippen LogP contribution < -0.4 is 15.4 Å². The highest BCUT2D eigenvalue weighted by Crippen LogP contribution is 2.24. The average molecular weight is 402 g/mol. The van der Waals surface area contributed by atoms with Crippen LogP contribution in [0.5, 0.6) is 5.75 Å². The van der Waals surface area contributed by atoms with Gasteiger partial charge >= 0.3 is 6.03 Å². The van der Waals surface area contributed by atoms with Gasteiger partial charge in [-0.2, -0.15) is 0 Å². The SMILES string of the molecule is C[C@]1(CS(=O)(=O)N2CCC(Oc3ccc(Cl)cc3)CC2)NC(=O)NC1=O. The summed E-state index contributed by atoms with van der Waals surface area (Å²) in [5.41, 5.74) is -1.45. The highest BCUT2D eigenvalue weighted by molar-refractivity contribution is 7.89. The minimum atomic E-state index is -3.70. The number of nitrogens with one attached hydrogen (secondary N) is 2. The van der Waals surface area contributed by atoms with E-state index in [2.05, 4.69) is 10.6 Å². The highest BCUT2D eigenvalue weighted by atomic mass is 35.5. The van der Waals surface area contributed by atoms with Crippen molar-refractivity contribution < 1.29 is 22.7 Å². The van der Waals surface area contributed by atoms with E-state index >= 15 is 0 Å². The van der Waals surface area contributed by atoms with Crippen LogP contribution in [0.3, 0.4) is 0 Å². The zero-order valence-electron chi connectivity index (χ0n) is 14.2. The first kappa shape index (κ1) is 18.9. The summed E-state index contributed by atoms with van der Waals surface area (Å²) in [7, 11) is -3.70. The van der Waals surface area contributed by atoms with Crippen LogP contribution >= 0.6 is 11.6 Å². The molecule has 1 aromatic rings. The van der Waals surface area contributed by atoms with Gasteiger partial charge in [-0.15, -0.1) is 0 Å². The number of urea groups is 1. The van der Waals surface area contributed by atoms with Crippen LogP contribution in [0.25, 0.3) is 0 Å². The molecule has 3 amide bonds. The molecule has 2 fully saturated rings. The van der Waals surface area contributed by atoms with Crippen molar-refractivity contribution >= 4 is 33.6 Å². The van der Waals surface area contributed by atoms with E-state index in [1.54, 1.807) is 24.3 Å². The van der Waals surface area contributed by atoms with Crippen LogP contribution in [0.4, 0.5) is 4.79 Å². The molecule has 3 rings (SSSR count). The molecule has 1 aromatic carbocycles. The van der Waals surface area contributed by atoms with Gasteiger partial charge in [0.2, 0.25) is 10.0 Å². The van der Waals surface area contributed by atoms with Crippen LogP contribution in [0, 0.1) is 0 Å². The third kappa shape index (κ3) is 4.11. The quantitative estimate of drug-likeness (QED) is 0.719. The maximum absolute atomic E-state index is 12.6. The summed E-state index contributed by atoms with van der Waals surface area (Å²) in [6.45, 7) is 2.00. The molecular formula is C16H20ClN3O5S. The molecule has 10 heteroatoms. The van der Waals surface area contributed by atoms with E-state index in [4.69, 9.17) is 16.3 Å². The van der Waals surface area contributed by atoms with E-state index in [1.165, 1.54) is 11.2 Å². The predicted molar refractivity (Wildman–Crippen MR) is 95.5 cm³/mol. The van der Waals surface area contributed by atoms with Crippen molar-refractivity contribution in [3.63, 3.8) is 0 Å². The van der Waals surface area contributed by atoms with Gasteiger partial charge in [-0.1, -0.05) is 11.6 Å².